The maximum atomic E-state index is 13.2. The first-order chi connectivity index (χ1) is 11.6. The molecule has 1 aliphatic carbocycles. The van der Waals surface area contributed by atoms with E-state index in [9.17, 15) is 4.39 Å². The van der Waals surface area contributed by atoms with Crippen molar-refractivity contribution >= 4 is 5.69 Å². The van der Waals surface area contributed by atoms with Crippen LogP contribution in [0.4, 0.5) is 10.1 Å². The normalized spacial score (nSPS) is 17.3. The second-order valence-corrected chi connectivity index (χ2v) is 7.08. The van der Waals surface area contributed by atoms with Crippen LogP contribution in [0, 0.1) is 5.82 Å². The Labute approximate surface area is 147 Å². The van der Waals surface area contributed by atoms with Gasteiger partial charge in [-0.1, -0.05) is 39.2 Å². The van der Waals surface area contributed by atoms with Gasteiger partial charge in [-0.05, 0) is 63.4 Å². The molecule has 2 rings (SSSR count). The molecule has 1 fully saturated rings. The quantitative estimate of drug-likeness (QED) is 0.619. The lowest BCUT2D eigenvalue weighted by molar-refractivity contribution is 0.435. The summed E-state index contributed by atoms with van der Waals surface area (Å²) in [6, 6.07) is 7.85. The van der Waals surface area contributed by atoms with E-state index in [0.717, 1.165) is 30.8 Å². The van der Waals surface area contributed by atoms with Crippen molar-refractivity contribution in [1.82, 2.24) is 5.32 Å². The number of halogens is 1. The molecule has 3 heteroatoms. The number of nitrogens with one attached hydrogen (secondary N) is 1. The van der Waals surface area contributed by atoms with Crippen LogP contribution < -0.4 is 10.2 Å². The number of nitrogens with zero attached hydrogens (tertiary/aromatic N) is 1. The molecule has 0 heterocycles. The minimum Gasteiger partial charge on any atom is -0.343 e. The highest BCUT2D eigenvalue weighted by Crippen LogP contribution is 2.25. The summed E-state index contributed by atoms with van der Waals surface area (Å²) in [5.41, 5.74) is 2.05. The first-order valence-corrected chi connectivity index (χ1v) is 9.55. The molecule has 134 valence electrons. The van der Waals surface area contributed by atoms with Gasteiger partial charge in [0.2, 0.25) is 0 Å². The van der Waals surface area contributed by atoms with Gasteiger partial charge >= 0.3 is 0 Å². The second kappa shape index (κ2) is 9.83. The van der Waals surface area contributed by atoms with Crippen molar-refractivity contribution in [3.05, 3.63) is 42.4 Å². The SMILES string of the molecule is C=C(C)N(c1ccc(F)cc1)C(CC)CCNC1CCCCCC1. The highest BCUT2D eigenvalue weighted by Gasteiger charge is 2.19. The van der Waals surface area contributed by atoms with E-state index in [1.807, 2.05) is 19.1 Å². The van der Waals surface area contributed by atoms with E-state index in [4.69, 9.17) is 0 Å². The molecular weight excluding hydrogens is 299 g/mol. The van der Waals surface area contributed by atoms with E-state index < -0.39 is 0 Å². The van der Waals surface area contributed by atoms with Gasteiger partial charge in [0.1, 0.15) is 5.82 Å². The van der Waals surface area contributed by atoms with Crippen LogP contribution in [0.3, 0.4) is 0 Å². The number of hydrogen-bond donors (Lipinski definition) is 1. The minimum atomic E-state index is -0.191. The minimum absolute atomic E-state index is 0.191. The summed E-state index contributed by atoms with van der Waals surface area (Å²) in [5, 5.41) is 3.76. The highest BCUT2D eigenvalue weighted by atomic mass is 19.1. The standard InChI is InChI=1S/C21H33FN2/c1-4-20(15-16-23-19-9-7-5-6-8-10-19)24(17(2)3)21-13-11-18(22)12-14-21/h11-14,19-20,23H,2,4-10,15-16H2,1,3H3. The molecule has 0 aliphatic heterocycles. The molecule has 0 radical (unpaired) electrons. The van der Waals surface area contributed by atoms with Crippen LogP contribution in [0.25, 0.3) is 0 Å². The molecule has 1 atom stereocenters. The first kappa shape index (κ1) is 19.0. The fourth-order valence-electron chi connectivity index (χ4n) is 3.80. The van der Waals surface area contributed by atoms with Gasteiger partial charge in [0.05, 0.1) is 0 Å². The van der Waals surface area contributed by atoms with Gasteiger partial charge in [0, 0.05) is 23.5 Å². The molecule has 0 saturated heterocycles. The van der Waals surface area contributed by atoms with Gasteiger partial charge in [-0.25, -0.2) is 4.39 Å². The van der Waals surface area contributed by atoms with Crippen molar-refractivity contribution in [2.24, 2.45) is 0 Å². The number of anilines is 1. The number of benzene rings is 1. The topological polar surface area (TPSA) is 15.3 Å². The lowest BCUT2D eigenvalue weighted by Gasteiger charge is -2.34. The average Bonchev–Trinajstić information content (AvgIpc) is 2.84. The summed E-state index contributed by atoms with van der Waals surface area (Å²) in [7, 11) is 0. The first-order valence-electron chi connectivity index (χ1n) is 9.55. The van der Waals surface area contributed by atoms with Gasteiger partial charge < -0.3 is 10.2 Å². The lowest BCUT2D eigenvalue weighted by atomic mass is 10.1. The summed E-state index contributed by atoms with van der Waals surface area (Å²) in [6.45, 7) is 9.43. The van der Waals surface area contributed by atoms with Crippen LogP contribution >= 0.6 is 0 Å². The Morgan fingerprint density at radius 2 is 1.83 bits per heavy atom. The number of hydrogen-bond acceptors (Lipinski definition) is 2. The van der Waals surface area contributed by atoms with Crippen LogP contribution in [0.2, 0.25) is 0 Å². The van der Waals surface area contributed by atoms with Crippen LogP contribution in [0.5, 0.6) is 0 Å². The van der Waals surface area contributed by atoms with E-state index in [0.29, 0.717) is 12.1 Å². The van der Waals surface area contributed by atoms with Crippen molar-refractivity contribution in [3.8, 4) is 0 Å². The molecule has 1 saturated carbocycles. The van der Waals surface area contributed by atoms with Crippen molar-refractivity contribution in [2.45, 2.75) is 77.3 Å². The molecule has 1 aromatic carbocycles. The van der Waals surface area contributed by atoms with Crippen LogP contribution in [0.15, 0.2) is 36.5 Å². The molecule has 0 amide bonds. The molecule has 1 unspecified atom stereocenters. The van der Waals surface area contributed by atoms with Crippen LogP contribution in [-0.2, 0) is 0 Å². The third kappa shape index (κ3) is 5.62. The monoisotopic (exact) mass is 332 g/mol. The van der Waals surface area contributed by atoms with Gasteiger partial charge in [-0.15, -0.1) is 0 Å². The maximum absolute atomic E-state index is 13.2. The predicted molar refractivity (Wildman–Crippen MR) is 102 cm³/mol. The van der Waals surface area contributed by atoms with Gasteiger partial charge in [-0.2, -0.15) is 0 Å². The molecular formula is C21H33FN2. The van der Waals surface area contributed by atoms with Crippen molar-refractivity contribution < 1.29 is 4.39 Å². The highest BCUT2D eigenvalue weighted by molar-refractivity contribution is 5.52. The Kier molecular flexibility index (Phi) is 7.77. The zero-order chi connectivity index (χ0) is 17.4. The van der Waals surface area contributed by atoms with E-state index in [1.54, 1.807) is 0 Å². The van der Waals surface area contributed by atoms with Gasteiger partial charge in [0.15, 0.2) is 0 Å². The summed E-state index contributed by atoms with van der Waals surface area (Å²) in [4.78, 5) is 2.26. The summed E-state index contributed by atoms with van der Waals surface area (Å²) >= 11 is 0. The van der Waals surface area contributed by atoms with E-state index >= 15 is 0 Å². The molecule has 0 bridgehead atoms. The third-order valence-electron chi connectivity index (χ3n) is 5.12. The third-order valence-corrected chi connectivity index (χ3v) is 5.12. The van der Waals surface area contributed by atoms with E-state index in [2.05, 4.69) is 23.7 Å². The smallest absolute Gasteiger partial charge is 0.123 e. The lowest BCUT2D eigenvalue weighted by Crippen LogP contribution is -2.38. The zero-order valence-corrected chi connectivity index (χ0v) is 15.4. The Hall–Kier alpha value is -1.35. The maximum Gasteiger partial charge on any atom is 0.123 e. The Morgan fingerprint density at radius 1 is 1.21 bits per heavy atom. The largest absolute Gasteiger partial charge is 0.343 e. The number of rotatable bonds is 8. The molecule has 1 aromatic rings. The Morgan fingerprint density at radius 3 is 2.38 bits per heavy atom. The zero-order valence-electron chi connectivity index (χ0n) is 15.4. The average molecular weight is 333 g/mol. The van der Waals surface area contributed by atoms with Crippen molar-refractivity contribution in [1.29, 1.82) is 0 Å². The van der Waals surface area contributed by atoms with Crippen LogP contribution in [0.1, 0.15) is 65.2 Å². The van der Waals surface area contributed by atoms with E-state index in [-0.39, 0.29) is 5.82 Å². The second-order valence-electron chi connectivity index (χ2n) is 7.08. The van der Waals surface area contributed by atoms with Crippen molar-refractivity contribution in [3.63, 3.8) is 0 Å². The predicted octanol–water partition coefficient (Wildman–Crippen LogP) is 5.65. The summed E-state index contributed by atoms with van der Waals surface area (Å²) in [6.07, 6.45) is 10.3. The summed E-state index contributed by atoms with van der Waals surface area (Å²) < 4.78 is 13.2. The van der Waals surface area contributed by atoms with Gasteiger partial charge in [-0.3, -0.25) is 0 Å². The molecule has 1 aliphatic rings. The Balaban J connectivity index is 1.93. The van der Waals surface area contributed by atoms with Gasteiger partial charge in [0.25, 0.3) is 0 Å². The van der Waals surface area contributed by atoms with Crippen molar-refractivity contribution in [2.75, 3.05) is 11.4 Å². The Bertz CT molecular complexity index is 489. The fourth-order valence-corrected chi connectivity index (χ4v) is 3.80. The molecule has 0 aromatic heterocycles. The number of allylic oxidation sites excluding steroid dienone is 1. The fraction of sp³-hybridized carbons (Fsp3) is 0.619. The summed E-state index contributed by atoms with van der Waals surface area (Å²) in [5.74, 6) is -0.191. The molecule has 24 heavy (non-hydrogen) atoms. The molecule has 2 nitrogen and oxygen atoms in total. The van der Waals surface area contributed by atoms with E-state index in [1.165, 1.54) is 50.7 Å². The molecule has 1 N–H and O–H groups in total. The van der Waals surface area contributed by atoms with Crippen LogP contribution in [-0.4, -0.2) is 18.6 Å². The molecule has 0 spiro atoms.